The van der Waals surface area contributed by atoms with Crippen LogP contribution in [0.1, 0.15) is 6.92 Å². The van der Waals surface area contributed by atoms with E-state index in [0.717, 1.165) is 0 Å². The van der Waals surface area contributed by atoms with Crippen LogP contribution in [0.2, 0.25) is 0 Å². The number of pyridine rings is 1. The van der Waals surface area contributed by atoms with Gasteiger partial charge in [0.2, 0.25) is 5.95 Å². The molecule has 2 rings (SSSR count). The van der Waals surface area contributed by atoms with Gasteiger partial charge in [0.05, 0.1) is 11.4 Å². The molecule has 0 amide bonds. The number of hydrogen-bond donors (Lipinski definition) is 3. The van der Waals surface area contributed by atoms with E-state index in [1.807, 2.05) is 25.1 Å². The van der Waals surface area contributed by atoms with Gasteiger partial charge in [-0.2, -0.15) is 4.98 Å². The van der Waals surface area contributed by atoms with Crippen LogP contribution in [0.25, 0.3) is 11.4 Å². The summed E-state index contributed by atoms with van der Waals surface area (Å²) in [6, 6.07) is 7.29. The molecule has 0 saturated heterocycles. The highest BCUT2D eigenvalue weighted by Gasteiger charge is 2.08. The van der Waals surface area contributed by atoms with Crippen LogP contribution < -0.4 is 10.6 Å². The molecule has 0 aliphatic rings. The molecule has 0 fully saturated rings. The SMILES string of the molecule is CCNc1cc(-c2ccccn2)nc(NCC(=O)O)n1. The second-order valence-electron chi connectivity index (χ2n) is 3.95. The fourth-order valence-corrected chi connectivity index (χ4v) is 1.60. The number of carboxylic acids is 1. The van der Waals surface area contributed by atoms with Crippen molar-refractivity contribution in [1.29, 1.82) is 0 Å². The van der Waals surface area contributed by atoms with Gasteiger partial charge in [0.1, 0.15) is 12.4 Å². The van der Waals surface area contributed by atoms with E-state index in [1.54, 1.807) is 12.3 Å². The monoisotopic (exact) mass is 273 g/mol. The maximum Gasteiger partial charge on any atom is 0.322 e. The predicted molar refractivity (Wildman–Crippen MR) is 75.6 cm³/mol. The number of rotatable bonds is 6. The summed E-state index contributed by atoms with van der Waals surface area (Å²) in [6.07, 6.45) is 1.68. The third kappa shape index (κ3) is 3.64. The Morgan fingerprint density at radius 3 is 2.75 bits per heavy atom. The molecule has 3 N–H and O–H groups in total. The lowest BCUT2D eigenvalue weighted by atomic mass is 10.2. The van der Waals surface area contributed by atoms with Crippen molar-refractivity contribution in [3.63, 3.8) is 0 Å². The molecule has 0 spiro atoms. The molecule has 0 saturated carbocycles. The molecule has 104 valence electrons. The number of carboxylic acid groups (broad SMARTS) is 1. The minimum absolute atomic E-state index is 0.239. The first-order valence-corrected chi connectivity index (χ1v) is 6.19. The molecule has 20 heavy (non-hydrogen) atoms. The standard InChI is InChI=1S/C13H15N5O2/c1-2-14-11-7-10(9-5-3-4-6-15-9)17-13(18-11)16-8-12(19)20/h3-7H,2,8H2,1H3,(H,19,20)(H2,14,16,17,18). The van der Waals surface area contributed by atoms with Crippen molar-refractivity contribution in [2.24, 2.45) is 0 Å². The summed E-state index contributed by atoms with van der Waals surface area (Å²) in [5.41, 5.74) is 1.33. The molecule has 0 bridgehead atoms. The van der Waals surface area contributed by atoms with Gasteiger partial charge in [-0.15, -0.1) is 0 Å². The number of aromatic nitrogens is 3. The van der Waals surface area contributed by atoms with Crippen LogP contribution in [0, 0.1) is 0 Å². The predicted octanol–water partition coefficient (Wildman–Crippen LogP) is 1.47. The van der Waals surface area contributed by atoms with Gasteiger partial charge in [0.25, 0.3) is 0 Å². The lowest BCUT2D eigenvalue weighted by Gasteiger charge is -2.09. The lowest BCUT2D eigenvalue weighted by molar-refractivity contribution is -0.134. The molecule has 0 aromatic carbocycles. The summed E-state index contributed by atoms with van der Waals surface area (Å²) in [6.45, 7) is 2.42. The Morgan fingerprint density at radius 2 is 2.10 bits per heavy atom. The second kappa shape index (κ2) is 6.46. The van der Waals surface area contributed by atoms with E-state index in [9.17, 15) is 4.79 Å². The number of nitrogens with one attached hydrogen (secondary N) is 2. The first-order chi connectivity index (χ1) is 9.69. The zero-order valence-electron chi connectivity index (χ0n) is 11.0. The summed E-state index contributed by atoms with van der Waals surface area (Å²) >= 11 is 0. The summed E-state index contributed by atoms with van der Waals surface area (Å²) < 4.78 is 0. The van der Waals surface area contributed by atoms with Gasteiger partial charge < -0.3 is 15.7 Å². The Labute approximate surface area is 116 Å². The van der Waals surface area contributed by atoms with Crippen molar-refractivity contribution in [1.82, 2.24) is 15.0 Å². The van der Waals surface area contributed by atoms with Gasteiger partial charge in [-0.1, -0.05) is 6.07 Å². The van der Waals surface area contributed by atoms with E-state index in [1.165, 1.54) is 0 Å². The fraction of sp³-hybridized carbons (Fsp3) is 0.231. The van der Waals surface area contributed by atoms with Crippen LogP contribution in [-0.2, 0) is 4.79 Å². The summed E-state index contributed by atoms with van der Waals surface area (Å²) in [5.74, 6) is -0.0932. The molecule has 0 unspecified atom stereocenters. The van der Waals surface area contributed by atoms with Gasteiger partial charge in [0.15, 0.2) is 0 Å². The van der Waals surface area contributed by atoms with Gasteiger partial charge in [-0.05, 0) is 19.1 Å². The van der Waals surface area contributed by atoms with Crippen molar-refractivity contribution < 1.29 is 9.90 Å². The molecule has 0 radical (unpaired) electrons. The van der Waals surface area contributed by atoms with Crippen LogP contribution in [0.5, 0.6) is 0 Å². The van der Waals surface area contributed by atoms with Crippen LogP contribution in [-0.4, -0.2) is 39.1 Å². The van der Waals surface area contributed by atoms with Crippen molar-refractivity contribution in [3.05, 3.63) is 30.5 Å². The zero-order chi connectivity index (χ0) is 14.4. The number of aliphatic carboxylic acids is 1. The average molecular weight is 273 g/mol. The average Bonchev–Trinajstić information content (AvgIpc) is 2.46. The van der Waals surface area contributed by atoms with E-state index in [0.29, 0.717) is 23.8 Å². The van der Waals surface area contributed by atoms with Gasteiger partial charge >= 0.3 is 5.97 Å². The number of hydrogen-bond acceptors (Lipinski definition) is 6. The second-order valence-corrected chi connectivity index (χ2v) is 3.95. The molecule has 2 aromatic rings. The third-order valence-corrected chi connectivity index (χ3v) is 2.41. The smallest absolute Gasteiger partial charge is 0.322 e. The highest BCUT2D eigenvalue weighted by atomic mass is 16.4. The quantitative estimate of drug-likeness (QED) is 0.732. The van der Waals surface area contributed by atoms with Crippen LogP contribution >= 0.6 is 0 Å². The highest BCUT2D eigenvalue weighted by Crippen LogP contribution is 2.19. The molecule has 0 atom stereocenters. The van der Waals surface area contributed by atoms with Crippen molar-refractivity contribution in [2.45, 2.75) is 6.92 Å². The fourth-order valence-electron chi connectivity index (χ4n) is 1.60. The number of carbonyl (C=O) groups is 1. The largest absolute Gasteiger partial charge is 0.480 e. The summed E-state index contributed by atoms with van der Waals surface area (Å²) in [5, 5.41) is 14.4. The van der Waals surface area contributed by atoms with Gasteiger partial charge in [-0.25, -0.2) is 4.98 Å². The number of nitrogens with zero attached hydrogens (tertiary/aromatic N) is 3. The molecule has 0 aliphatic heterocycles. The summed E-state index contributed by atoms with van der Waals surface area (Å²) in [7, 11) is 0. The Kier molecular flexibility index (Phi) is 4.43. The van der Waals surface area contributed by atoms with Crippen molar-refractivity contribution >= 4 is 17.7 Å². The molecule has 0 aliphatic carbocycles. The third-order valence-electron chi connectivity index (χ3n) is 2.41. The van der Waals surface area contributed by atoms with E-state index >= 15 is 0 Å². The van der Waals surface area contributed by atoms with Crippen molar-refractivity contribution in [3.8, 4) is 11.4 Å². The first-order valence-electron chi connectivity index (χ1n) is 6.19. The van der Waals surface area contributed by atoms with E-state index in [-0.39, 0.29) is 12.5 Å². The molecule has 7 nitrogen and oxygen atoms in total. The molecule has 7 heteroatoms. The van der Waals surface area contributed by atoms with E-state index in [2.05, 4.69) is 25.6 Å². The molecular formula is C13H15N5O2. The summed E-state index contributed by atoms with van der Waals surface area (Å²) in [4.78, 5) is 23.3. The molecular weight excluding hydrogens is 258 g/mol. The minimum atomic E-state index is -0.971. The van der Waals surface area contributed by atoms with Crippen LogP contribution in [0.4, 0.5) is 11.8 Å². The van der Waals surface area contributed by atoms with Crippen LogP contribution in [0.15, 0.2) is 30.5 Å². The highest BCUT2D eigenvalue weighted by molar-refractivity contribution is 5.72. The first kappa shape index (κ1) is 13.7. The maximum atomic E-state index is 10.6. The Bertz CT molecular complexity index is 589. The maximum absolute atomic E-state index is 10.6. The molecule has 2 aromatic heterocycles. The van der Waals surface area contributed by atoms with Crippen molar-refractivity contribution in [2.75, 3.05) is 23.7 Å². The minimum Gasteiger partial charge on any atom is -0.480 e. The van der Waals surface area contributed by atoms with Gasteiger partial charge in [-0.3, -0.25) is 9.78 Å². The zero-order valence-corrected chi connectivity index (χ0v) is 11.0. The molecule has 2 heterocycles. The Morgan fingerprint density at radius 1 is 1.25 bits per heavy atom. The van der Waals surface area contributed by atoms with Crippen LogP contribution in [0.3, 0.4) is 0 Å². The number of anilines is 2. The topological polar surface area (TPSA) is 100 Å². The Balaban J connectivity index is 2.33. The normalized spacial score (nSPS) is 10.1. The van der Waals surface area contributed by atoms with Gasteiger partial charge in [0, 0.05) is 18.8 Å². The van der Waals surface area contributed by atoms with E-state index in [4.69, 9.17) is 5.11 Å². The van der Waals surface area contributed by atoms with E-state index < -0.39 is 5.97 Å². The lowest BCUT2D eigenvalue weighted by Crippen LogP contribution is -2.15. The Hall–Kier alpha value is -2.70.